The van der Waals surface area contributed by atoms with E-state index in [1.54, 1.807) is 0 Å². The summed E-state index contributed by atoms with van der Waals surface area (Å²) >= 11 is 1.85. The summed E-state index contributed by atoms with van der Waals surface area (Å²) in [5, 5.41) is 6.99. The highest BCUT2D eigenvalue weighted by molar-refractivity contribution is 8.00. The number of amides is 1. The molecule has 1 saturated heterocycles. The second-order valence-corrected chi connectivity index (χ2v) is 9.70. The zero-order valence-corrected chi connectivity index (χ0v) is 18.5. The Hall–Kier alpha value is -1.78. The first-order valence-electron chi connectivity index (χ1n) is 10.9. The Balaban J connectivity index is 1.53. The Morgan fingerprint density at radius 3 is 2.52 bits per heavy atom. The van der Waals surface area contributed by atoms with Gasteiger partial charge in [-0.3, -0.25) is 4.79 Å². The molecule has 2 aromatic rings. The number of benzene rings is 2. The average molecular weight is 411 g/mol. The average Bonchev–Trinajstić information content (AvgIpc) is 3.24. The molecule has 0 aromatic heterocycles. The molecular weight excluding hydrogens is 376 g/mol. The monoisotopic (exact) mass is 410 g/mol. The maximum absolute atomic E-state index is 12.6. The molecule has 3 rings (SSSR count). The van der Waals surface area contributed by atoms with Crippen LogP contribution in [0.1, 0.15) is 44.2 Å². The van der Waals surface area contributed by atoms with Crippen LogP contribution in [0.15, 0.2) is 59.5 Å². The smallest absolute Gasteiger partial charge is 0.221 e. The molecule has 1 aliphatic rings. The maximum atomic E-state index is 12.6. The Bertz CT molecular complexity index is 739. The molecule has 1 heterocycles. The van der Waals surface area contributed by atoms with Crippen LogP contribution in [0.3, 0.4) is 0 Å². The zero-order valence-electron chi connectivity index (χ0n) is 17.7. The minimum Gasteiger partial charge on any atom is -0.356 e. The van der Waals surface area contributed by atoms with Gasteiger partial charge in [-0.15, -0.1) is 11.8 Å². The molecule has 0 aliphatic carbocycles. The van der Waals surface area contributed by atoms with Crippen LogP contribution in [0.4, 0.5) is 0 Å². The largest absolute Gasteiger partial charge is 0.356 e. The van der Waals surface area contributed by atoms with Crippen molar-refractivity contribution >= 4 is 17.7 Å². The predicted molar refractivity (Wildman–Crippen MR) is 123 cm³/mol. The fourth-order valence-corrected chi connectivity index (χ4v) is 5.17. The van der Waals surface area contributed by atoms with Crippen molar-refractivity contribution in [1.29, 1.82) is 0 Å². The Labute approximate surface area is 180 Å². The van der Waals surface area contributed by atoms with Gasteiger partial charge in [0.1, 0.15) is 0 Å². The summed E-state index contributed by atoms with van der Waals surface area (Å²) in [6.45, 7) is 6.26. The molecule has 1 amide bonds. The molecule has 2 aromatic carbocycles. The van der Waals surface area contributed by atoms with Crippen LogP contribution < -0.4 is 10.6 Å². The molecule has 4 heteroatoms. The van der Waals surface area contributed by atoms with Crippen LogP contribution in [0.2, 0.25) is 0 Å². The van der Waals surface area contributed by atoms with Crippen LogP contribution in [-0.4, -0.2) is 30.3 Å². The van der Waals surface area contributed by atoms with Crippen molar-refractivity contribution in [3.8, 4) is 0 Å². The first-order chi connectivity index (χ1) is 14.1. The first-order valence-corrected chi connectivity index (χ1v) is 11.8. The molecule has 156 valence electrons. The third-order valence-electron chi connectivity index (χ3n) is 5.37. The standard InChI is InChI=1S/C25H34N2OS/c1-19(2)17-21-10-12-22(13-11-21)29-24(23-9-6-15-26-23)18-25(28)27-16-14-20-7-4-3-5-8-20/h3-5,7-8,10-13,19,23-24,26H,6,9,14-18H2,1-2H3,(H,27,28). The molecule has 2 unspecified atom stereocenters. The highest BCUT2D eigenvalue weighted by atomic mass is 32.2. The Morgan fingerprint density at radius 1 is 1.10 bits per heavy atom. The molecule has 1 aliphatic heterocycles. The van der Waals surface area contributed by atoms with Gasteiger partial charge >= 0.3 is 0 Å². The van der Waals surface area contributed by atoms with Gasteiger partial charge in [-0.05, 0) is 61.4 Å². The van der Waals surface area contributed by atoms with Gasteiger partial charge in [-0.25, -0.2) is 0 Å². The normalized spacial score (nSPS) is 17.4. The van der Waals surface area contributed by atoms with Gasteiger partial charge in [0.2, 0.25) is 5.91 Å². The summed E-state index contributed by atoms with van der Waals surface area (Å²) in [5.74, 6) is 0.826. The summed E-state index contributed by atoms with van der Waals surface area (Å²) in [5.41, 5.74) is 2.65. The van der Waals surface area contributed by atoms with Crippen molar-refractivity contribution in [3.63, 3.8) is 0 Å². The minimum atomic E-state index is 0.156. The third kappa shape index (κ3) is 7.52. The van der Waals surface area contributed by atoms with Crippen molar-refractivity contribution in [2.24, 2.45) is 5.92 Å². The van der Waals surface area contributed by atoms with E-state index in [2.05, 4.69) is 60.9 Å². The molecule has 3 nitrogen and oxygen atoms in total. The van der Waals surface area contributed by atoms with Gasteiger partial charge in [0.15, 0.2) is 0 Å². The van der Waals surface area contributed by atoms with Crippen molar-refractivity contribution in [2.45, 2.75) is 62.1 Å². The van der Waals surface area contributed by atoms with E-state index < -0.39 is 0 Å². The molecule has 1 fully saturated rings. The maximum Gasteiger partial charge on any atom is 0.221 e. The number of hydrogen-bond acceptors (Lipinski definition) is 3. The lowest BCUT2D eigenvalue weighted by Gasteiger charge is -2.23. The van der Waals surface area contributed by atoms with E-state index >= 15 is 0 Å². The molecule has 0 spiro atoms. The lowest BCUT2D eigenvalue weighted by molar-refractivity contribution is -0.121. The number of carbonyl (C=O) groups is 1. The van der Waals surface area contributed by atoms with Crippen molar-refractivity contribution in [1.82, 2.24) is 10.6 Å². The minimum absolute atomic E-state index is 0.156. The van der Waals surface area contributed by atoms with Crippen molar-refractivity contribution < 1.29 is 4.79 Å². The topological polar surface area (TPSA) is 41.1 Å². The summed E-state index contributed by atoms with van der Waals surface area (Å²) in [6, 6.07) is 19.7. The van der Waals surface area contributed by atoms with E-state index in [0.717, 1.165) is 25.8 Å². The highest BCUT2D eigenvalue weighted by Gasteiger charge is 2.27. The molecule has 29 heavy (non-hydrogen) atoms. The molecule has 0 bridgehead atoms. The fourth-order valence-electron chi connectivity index (χ4n) is 3.89. The summed E-state index contributed by atoms with van der Waals surface area (Å²) in [6.07, 6.45) is 4.90. The van der Waals surface area contributed by atoms with Crippen LogP contribution in [0.5, 0.6) is 0 Å². The summed E-state index contributed by atoms with van der Waals surface area (Å²) in [4.78, 5) is 13.9. The van der Waals surface area contributed by atoms with Crippen LogP contribution in [0, 0.1) is 5.92 Å². The number of hydrogen-bond donors (Lipinski definition) is 2. The number of nitrogens with one attached hydrogen (secondary N) is 2. The molecule has 2 N–H and O–H groups in total. The Kier molecular flexibility index (Phi) is 8.63. The second-order valence-electron chi connectivity index (χ2n) is 8.39. The second kappa shape index (κ2) is 11.4. The first kappa shape index (κ1) is 21.9. The van der Waals surface area contributed by atoms with E-state index in [-0.39, 0.29) is 11.2 Å². The van der Waals surface area contributed by atoms with Gasteiger partial charge in [-0.1, -0.05) is 56.3 Å². The van der Waals surface area contributed by atoms with Crippen LogP contribution >= 0.6 is 11.8 Å². The van der Waals surface area contributed by atoms with Crippen LogP contribution in [0.25, 0.3) is 0 Å². The quantitative estimate of drug-likeness (QED) is 0.550. The molecular formula is C25H34N2OS. The van der Waals surface area contributed by atoms with Gasteiger partial charge in [0.25, 0.3) is 0 Å². The van der Waals surface area contributed by atoms with Crippen LogP contribution in [-0.2, 0) is 17.6 Å². The van der Waals surface area contributed by atoms with Crippen molar-refractivity contribution in [3.05, 3.63) is 65.7 Å². The van der Waals surface area contributed by atoms with E-state index in [1.165, 1.54) is 22.4 Å². The van der Waals surface area contributed by atoms with Gasteiger partial charge in [0.05, 0.1) is 0 Å². The van der Waals surface area contributed by atoms with Gasteiger partial charge < -0.3 is 10.6 Å². The SMILES string of the molecule is CC(C)Cc1ccc(SC(CC(=O)NCCc2ccccc2)C2CCCN2)cc1. The van der Waals surface area contributed by atoms with Gasteiger partial charge in [0, 0.05) is 29.2 Å². The highest BCUT2D eigenvalue weighted by Crippen LogP contribution is 2.31. The lowest BCUT2D eigenvalue weighted by Crippen LogP contribution is -2.37. The number of rotatable bonds is 10. The van der Waals surface area contributed by atoms with E-state index in [4.69, 9.17) is 0 Å². The number of thioether (sulfide) groups is 1. The van der Waals surface area contributed by atoms with Crippen molar-refractivity contribution in [2.75, 3.05) is 13.1 Å². The predicted octanol–water partition coefficient (Wildman–Crippen LogP) is 4.85. The van der Waals surface area contributed by atoms with E-state index in [9.17, 15) is 4.79 Å². The van der Waals surface area contributed by atoms with E-state index in [0.29, 0.717) is 24.9 Å². The number of carbonyl (C=O) groups excluding carboxylic acids is 1. The summed E-state index contributed by atoms with van der Waals surface area (Å²) in [7, 11) is 0. The Morgan fingerprint density at radius 2 is 1.86 bits per heavy atom. The van der Waals surface area contributed by atoms with Gasteiger partial charge in [-0.2, -0.15) is 0 Å². The molecule has 0 radical (unpaired) electrons. The molecule has 2 atom stereocenters. The molecule has 0 saturated carbocycles. The third-order valence-corrected chi connectivity index (χ3v) is 6.71. The fraction of sp³-hybridized carbons (Fsp3) is 0.480. The zero-order chi connectivity index (χ0) is 20.5. The lowest BCUT2D eigenvalue weighted by atomic mass is 10.0. The van der Waals surface area contributed by atoms with E-state index in [1.807, 2.05) is 30.0 Å². The summed E-state index contributed by atoms with van der Waals surface area (Å²) < 4.78 is 0.